The van der Waals surface area contributed by atoms with Gasteiger partial charge < -0.3 is 21.1 Å². The number of nitrogen functional groups attached to an aromatic ring is 1. The zero-order valence-corrected chi connectivity index (χ0v) is 13.9. The summed E-state index contributed by atoms with van der Waals surface area (Å²) in [5, 5.41) is 9.24. The molecule has 0 radical (unpaired) electrons. The molecule has 1 aromatic heterocycles. The van der Waals surface area contributed by atoms with Crippen molar-refractivity contribution in [3.63, 3.8) is 0 Å². The molecule has 9 heteroatoms. The number of para-hydroxylation sites is 1. The van der Waals surface area contributed by atoms with Gasteiger partial charge in [0, 0.05) is 13.1 Å². The molecule has 3 rings (SSSR count). The molecule has 2 heterocycles. The maximum atomic E-state index is 13.7. The first kappa shape index (κ1) is 17.6. The molecule has 0 bridgehead atoms. The Hall–Kier alpha value is -3.25. The molecule has 0 aliphatic carbocycles. The average molecular weight is 356 g/mol. The molecule has 1 aromatic carbocycles. The SMILES string of the molecule is N#Cc1c(N)ncnc1N1CCC(N)(C(=O)Oc2ccccc2F)CC1. The van der Waals surface area contributed by atoms with Gasteiger partial charge in [0.15, 0.2) is 17.4 Å². The summed E-state index contributed by atoms with van der Waals surface area (Å²) in [7, 11) is 0. The Bertz CT molecular complexity index is 874. The van der Waals surface area contributed by atoms with Crippen LogP contribution in [0, 0.1) is 17.1 Å². The number of nitrogens with zero attached hydrogens (tertiary/aromatic N) is 4. The molecule has 0 atom stereocenters. The zero-order valence-electron chi connectivity index (χ0n) is 13.9. The van der Waals surface area contributed by atoms with Crippen LogP contribution in [0.2, 0.25) is 0 Å². The van der Waals surface area contributed by atoms with Gasteiger partial charge in [-0.15, -0.1) is 0 Å². The Balaban J connectivity index is 1.71. The van der Waals surface area contributed by atoms with Gasteiger partial charge in [0.1, 0.15) is 29.3 Å². The number of esters is 1. The van der Waals surface area contributed by atoms with Crippen LogP contribution < -0.4 is 21.1 Å². The van der Waals surface area contributed by atoms with E-state index in [4.69, 9.17) is 16.2 Å². The highest BCUT2D eigenvalue weighted by Crippen LogP contribution is 2.28. The number of piperidine rings is 1. The van der Waals surface area contributed by atoms with Crippen LogP contribution in [0.3, 0.4) is 0 Å². The molecule has 0 saturated carbocycles. The fraction of sp³-hybridized carbons (Fsp3) is 0.294. The van der Waals surface area contributed by atoms with Crippen molar-refractivity contribution in [3.8, 4) is 11.8 Å². The number of aromatic nitrogens is 2. The lowest BCUT2D eigenvalue weighted by Gasteiger charge is -2.38. The van der Waals surface area contributed by atoms with E-state index >= 15 is 0 Å². The molecule has 1 aliphatic rings. The van der Waals surface area contributed by atoms with Crippen molar-refractivity contribution in [2.75, 3.05) is 23.7 Å². The van der Waals surface area contributed by atoms with Gasteiger partial charge in [-0.05, 0) is 25.0 Å². The summed E-state index contributed by atoms with van der Waals surface area (Å²) in [6.45, 7) is 0.738. The van der Waals surface area contributed by atoms with Gasteiger partial charge >= 0.3 is 5.97 Å². The molecule has 26 heavy (non-hydrogen) atoms. The maximum absolute atomic E-state index is 13.7. The minimum Gasteiger partial charge on any atom is -0.422 e. The summed E-state index contributed by atoms with van der Waals surface area (Å²) in [5.74, 6) is -0.965. The van der Waals surface area contributed by atoms with E-state index in [1.54, 1.807) is 6.07 Å². The van der Waals surface area contributed by atoms with E-state index in [-0.39, 0.29) is 30.0 Å². The van der Waals surface area contributed by atoms with Crippen molar-refractivity contribution < 1.29 is 13.9 Å². The predicted molar refractivity (Wildman–Crippen MR) is 91.6 cm³/mol. The summed E-state index contributed by atoms with van der Waals surface area (Å²) in [5.41, 5.74) is 10.8. The first-order chi connectivity index (χ1) is 12.4. The molecule has 1 saturated heterocycles. The number of anilines is 2. The van der Waals surface area contributed by atoms with Crippen LogP contribution in [0.4, 0.5) is 16.0 Å². The number of carbonyl (C=O) groups excluding carboxylic acids is 1. The van der Waals surface area contributed by atoms with E-state index in [1.165, 1.54) is 24.5 Å². The number of ether oxygens (including phenoxy) is 1. The summed E-state index contributed by atoms with van der Waals surface area (Å²) < 4.78 is 18.8. The maximum Gasteiger partial charge on any atom is 0.331 e. The molecule has 0 spiro atoms. The number of rotatable bonds is 3. The zero-order chi connectivity index (χ0) is 18.7. The van der Waals surface area contributed by atoms with Crippen LogP contribution in [0.25, 0.3) is 0 Å². The molecular weight excluding hydrogens is 339 g/mol. The monoisotopic (exact) mass is 356 g/mol. The van der Waals surface area contributed by atoms with Gasteiger partial charge in [-0.25, -0.2) is 19.2 Å². The number of hydrogen-bond acceptors (Lipinski definition) is 8. The Labute approximate surface area is 149 Å². The number of halogens is 1. The van der Waals surface area contributed by atoms with Crippen molar-refractivity contribution in [1.29, 1.82) is 5.26 Å². The lowest BCUT2D eigenvalue weighted by atomic mass is 9.88. The van der Waals surface area contributed by atoms with Gasteiger partial charge in [0.2, 0.25) is 0 Å². The minimum absolute atomic E-state index is 0.0982. The van der Waals surface area contributed by atoms with E-state index in [0.717, 1.165) is 0 Å². The van der Waals surface area contributed by atoms with Gasteiger partial charge in [-0.2, -0.15) is 5.26 Å². The van der Waals surface area contributed by atoms with Crippen molar-refractivity contribution >= 4 is 17.6 Å². The Morgan fingerprint density at radius 2 is 2.00 bits per heavy atom. The standard InChI is InChI=1S/C17H17FN6O2/c18-12-3-1-2-4-13(12)26-16(25)17(21)5-7-24(8-6-17)15-11(9-19)14(20)22-10-23-15/h1-4,10H,5-8,21H2,(H2,20,22,23). The Kier molecular flexibility index (Phi) is 4.69. The third-order valence-electron chi connectivity index (χ3n) is 4.37. The summed E-state index contributed by atoms with van der Waals surface area (Å²) in [6, 6.07) is 7.64. The van der Waals surface area contributed by atoms with Crippen LogP contribution in [-0.2, 0) is 4.79 Å². The Morgan fingerprint density at radius 3 is 2.65 bits per heavy atom. The molecular formula is C17H17FN6O2. The van der Waals surface area contributed by atoms with E-state index in [1.807, 2.05) is 11.0 Å². The van der Waals surface area contributed by atoms with Crippen LogP contribution in [0.1, 0.15) is 18.4 Å². The molecule has 4 N–H and O–H groups in total. The number of nitrogens with two attached hydrogens (primary N) is 2. The van der Waals surface area contributed by atoms with Gasteiger partial charge in [0.05, 0.1) is 0 Å². The first-order valence-electron chi connectivity index (χ1n) is 7.96. The van der Waals surface area contributed by atoms with E-state index < -0.39 is 17.3 Å². The van der Waals surface area contributed by atoms with Gasteiger partial charge in [-0.1, -0.05) is 12.1 Å². The van der Waals surface area contributed by atoms with Gasteiger partial charge in [-0.3, -0.25) is 0 Å². The highest BCUT2D eigenvalue weighted by molar-refractivity contribution is 5.83. The average Bonchev–Trinajstić information content (AvgIpc) is 2.64. The summed E-state index contributed by atoms with van der Waals surface area (Å²) in [4.78, 5) is 22.2. The van der Waals surface area contributed by atoms with Crippen LogP contribution in [-0.4, -0.2) is 34.6 Å². The Morgan fingerprint density at radius 1 is 1.31 bits per heavy atom. The lowest BCUT2D eigenvalue weighted by molar-refractivity contribution is -0.141. The largest absolute Gasteiger partial charge is 0.422 e. The summed E-state index contributed by atoms with van der Waals surface area (Å²) in [6.07, 6.45) is 1.80. The highest BCUT2D eigenvalue weighted by atomic mass is 19.1. The fourth-order valence-electron chi connectivity index (χ4n) is 2.79. The molecule has 0 unspecified atom stereocenters. The second kappa shape index (κ2) is 6.93. The topological polar surface area (TPSA) is 131 Å². The van der Waals surface area contributed by atoms with Crippen molar-refractivity contribution in [3.05, 3.63) is 42.0 Å². The smallest absolute Gasteiger partial charge is 0.331 e. The van der Waals surface area contributed by atoms with Crippen LogP contribution in [0.5, 0.6) is 5.75 Å². The third kappa shape index (κ3) is 3.27. The quantitative estimate of drug-likeness (QED) is 0.614. The number of nitriles is 1. The molecule has 134 valence electrons. The van der Waals surface area contributed by atoms with Crippen LogP contribution in [0.15, 0.2) is 30.6 Å². The van der Waals surface area contributed by atoms with E-state index in [9.17, 15) is 14.4 Å². The minimum atomic E-state index is -1.25. The number of benzene rings is 1. The molecule has 1 aliphatic heterocycles. The lowest BCUT2D eigenvalue weighted by Crippen LogP contribution is -2.57. The summed E-state index contributed by atoms with van der Waals surface area (Å²) >= 11 is 0. The second-order valence-corrected chi connectivity index (χ2v) is 6.03. The van der Waals surface area contributed by atoms with Crippen LogP contribution >= 0.6 is 0 Å². The molecule has 0 amide bonds. The van der Waals surface area contributed by atoms with E-state index in [0.29, 0.717) is 18.9 Å². The number of carbonyl (C=O) groups is 1. The molecule has 1 fully saturated rings. The van der Waals surface area contributed by atoms with Gasteiger partial charge in [0.25, 0.3) is 0 Å². The predicted octanol–water partition coefficient (Wildman–Crippen LogP) is 0.973. The molecule has 2 aromatic rings. The van der Waals surface area contributed by atoms with Crippen molar-refractivity contribution in [1.82, 2.24) is 9.97 Å². The first-order valence-corrected chi connectivity index (χ1v) is 7.96. The highest BCUT2D eigenvalue weighted by Gasteiger charge is 2.40. The normalized spacial score (nSPS) is 16.0. The second-order valence-electron chi connectivity index (χ2n) is 6.03. The van der Waals surface area contributed by atoms with E-state index in [2.05, 4.69) is 9.97 Å². The van der Waals surface area contributed by atoms with Crippen molar-refractivity contribution in [2.45, 2.75) is 18.4 Å². The fourth-order valence-corrected chi connectivity index (χ4v) is 2.79. The number of hydrogen-bond donors (Lipinski definition) is 2. The molecule has 8 nitrogen and oxygen atoms in total. The third-order valence-corrected chi connectivity index (χ3v) is 4.37. The van der Waals surface area contributed by atoms with Crippen molar-refractivity contribution in [2.24, 2.45) is 5.73 Å².